The van der Waals surface area contributed by atoms with Gasteiger partial charge in [-0.3, -0.25) is 0 Å². The van der Waals surface area contributed by atoms with Crippen molar-refractivity contribution >= 4 is 7.75 Å². The summed E-state index contributed by atoms with van der Waals surface area (Å²) in [5, 5.41) is 0. The van der Waals surface area contributed by atoms with Crippen LogP contribution < -0.4 is 9.05 Å². The van der Waals surface area contributed by atoms with Crippen molar-refractivity contribution in [1.29, 1.82) is 0 Å². The third kappa shape index (κ3) is 4.10. The fourth-order valence-corrected chi connectivity index (χ4v) is 2.92. The van der Waals surface area contributed by atoms with Gasteiger partial charge in [0.15, 0.2) is 0 Å². The minimum Gasteiger partial charge on any atom is -0.404 e. The summed E-state index contributed by atoms with van der Waals surface area (Å²) in [4.78, 5) is 0. The minimum absolute atomic E-state index is 0.527. The lowest BCUT2D eigenvalue weighted by Gasteiger charge is -2.24. The van der Waals surface area contributed by atoms with Gasteiger partial charge in [0.1, 0.15) is 11.5 Å². The van der Waals surface area contributed by atoms with Gasteiger partial charge in [0, 0.05) is 0 Å². The van der Waals surface area contributed by atoms with E-state index in [0.29, 0.717) is 11.5 Å². The molecule has 0 spiro atoms. The lowest BCUT2D eigenvalue weighted by atomic mass is 10.2. The van der Waals surface area contributed by atoms with E-state index in [9.17, 15) is 4.57 Å². The van der Waals surface area contributed by atoms with Gasteiger partial charge in [-0.1, -0.05) is 24.3 Å². The van der Waals surface area contributed by atoms with E-state index in [1.165, 1.54) is 4.67 Å². The van der Waals surface area contributed by atoms with Crippen LogP contribution in [0, 0.1) is 13.8 Å². The van der Waals surface area contributed by atoms with Crippen molar-refractivity contribution < 1.29 is 13.6 Å². The van der Waals surface area contributed by atoms with Gasteiger partial charge < -0.3 is 9.05 Å². The van der Waals surface area contributed by atoms with Gasteiger partial charge in [0.05, 0.1) is 0 Å². The predicted molar refractivity (Wildman–Crippen MR) is 84.9 cm³/mol. The normalized spacial score (nSPS) is 11.5. The molecular weight excluding hydrogens is 285 g/mol. The van der Waals surface area contributed by atoms with Crippen molar-refractivity contribution in [2.75, 3.05) is 14.1 Å². The average Bonchev–Trinajstić information content (AvgIpc) is 2.38. The molecule has 0 saturated carbocycles. The summed E-state index contributed by atoms with van der Waals surface area (Å²) >= 11 is 0. The minimum atomic E-state index is -3.44. The van der Waals surface area contributed by atoms with E-state index in [4.69, 9.17) is 9.05 Å². The van der Waals surface area contributed by atoms with E-state index in [-0.39, 0.29) is 0 Å². The molecule has 0 aliphatic carbocycles. The molecule has 2 rings (SSSR count). The second kappa shape index (κ2) is 6.33. The van der Waals surface area contributed by atoms with Crippen LogP contribution in [-0.2, 0) is 4.57 Å². The van der Waals surface area contributed by atoms with Gasteiger partial charge >= 0.3 is 7.75 Å². The second-order valence-electron chi connectivity index (χ2n) is 5.13. The fraction of sp³-hybridized carbons (Fsp3) is 0.250. The Balaban J connectivity index is 2.26. The Labute approximate surface area is 125 Å². The lowest BCUT2D eigenvalue weighted by Crippen LogP contribution is -2.17. The Bertz CT molecular complexity index is 619. The van der Waals surface area contributed by atoms with Crippen LogP contribution >= 0.6 is 7.75 Å². The Morgan fingerprint density at radius 2 is 1.29 bits per heavy atom. The van der Waals surface area contributed by atoms with Gasteiger partial charge in [0.2, 0.25) is 0 Å². The molecule has 2 aromatic carbocycles. The van der Waals surface area contributed by atoms with E-state index in [1.54, 1.807) is 26.2 Å². The molecule has 0 saturated heterocycles. The number of rotatable bonds is 5. The number of hydrogen-bond donors (Lipinski definition) is 0. The molecule has 0 N–H and O–H groups in total. The molecule has 0 radical (unpaired) electrons. The zero-order valence-electron chi connectivity index (χ0n) is 12.7. The van der Waals surface area contributed by atoms with E-state index in [2.05, 4.69) is 0 Å². The summed E-state index contributed by atoms with van der Waals surface area (Å²) in [5.74, 6) is 1.05. The van der Waals surface area contributed by atoms with Crippen LogP contribution in [0.1, 0.15) is 11.1 Å². The Kier molecular flexibility index (Phi) is 4.71. The molecule has 0 bridgehead atoms. The SMILES string of the molecule is Cc1cccc(OP(=O)(Oc2cccc(C)c2)N(C)C)c1. The summed E-state index contributed by atoms with van der Waals surface area (Å²) in [6.07, 6.45) is 0. The first-order chi connectivity index (χ1) is 9.89. The summed E-state index contributed by atoms with van der Waals surface area (Å²) in [6, 6.07) is 14.8. The molecular formula is C16H20NO3P. The number of aryl methyl sites for hydroxylation is 2. The first-order valence-corrected chi connectivity index (χ1v) is 8.19. The van der Waals surface area contributed by atoms with Crippen molar-refractivity contribution in [2.45, 2.75) is 13.8 Å². The van der Waals surface area contributed by atoms with Gasteiger partial charge in [0.25, 0.3) is 0 Å². The quantitative estimate of drug-likeness (QED) is 0.766. The molecule has 4 nitrogen and oxygen atoms in total. The summed E-state index contributed by atoms with van der Waals surface area (Å²) in [5.41, 5.74) is 2.07. The number of benzene rings is 2. The molecule has 21 heavy (non-hydrogen) atoms. The number of hydrogen-bond acceptors (Lipinski definition) is 3. The van der Waals surface area contributed by atoms with Gasteiger partial charge in [-0.2, -0.15) is 4.67 Å². The molecule has 0 amide bonds. The first-order valence-electron chi connectivity index (χ1n) is 6.69. The Morgan fingerprint density at radius 3 is 1.62 bits per heavy atom. The van der Waals surface area contributed by atoms with Crippen molar-refractivity contribution in [3.05, 3.63) is 59.7 Å². The van der Waals surface area contributed by atoms with E-state index in [1.807, 2.05) is 50.2 Å². The molecule has 112 valence electrons. The lowest BCUT2D eigenvalue weighted by molar-refractivity contribution is 0.325. The molecule has 0 unspecified atom stereocenters. The van der Waals surface area contributed by atoms with E-state index >= 15 is 0 Å². The molecule has 0 atom stereocenters. The van der Waals surface area contributed by atoms with Crippen LogP contribution in [0.2, 0.25) is 0 Å². The van der Waals surface area contributed by atoms with Crippen LogP contribution in [0.25, 0.3) is 0 Å². The van der Waals surface area contributed by atoms with Gasteiger partial charge in [-0.25, -0.2) is 4.57 Å². The monoisotopic (exact) mass is 305 g/mol. The molecule has 0 aromatic heterocycles. The zero-order valence-corrected chi connectivity index (χ0v) is 13.6. The van der Waals surface area contributed by atoms with Crippen LogP contribution in [0.5, 0.6) is 11.5 Å². The summed E-state index contributed by atoms with van der Waals surface area (Å²) in [7, 11) is -0.0955. The highest BCUT2D eigenvalue weighted by atomic mass is 31.2. The highest BCUT2D eigenvalue weighted by Crippen LogP contribution is 2.50. The smallest absolute Gasteiger partial charge is 0.404 e. The first kappa shape index (κ1) is 15.6. The van der Waals surface area contributed by atoms with Crippen molar-refractivity contribution in [3.8, 4) is 11.5 Å². The third-order valence-corrected chi connectivity index (χ3v) is 4.77. The number of nitrogens with zero attached hydrogens (tertiary/aromatic N) is 1. The van der Waals surface area contributed by atoms with Gasteiger partial charge in [-0.05, 0) is 63.3 Å². The van der Waals surface area contributed by atoms with Crippen LogP contribution in [-0.4, -0.2) is 18.8 Å². The molecule has 0 fully saturated rings. The molecule has 5 heteroatoms. The summed E-state index contributed by atoms with van der Waals surface area (Å²) < 4.78 is 25.7. The highest BCUT2D eigenvalue weighted by Gasteiger charge is 2.32. The van der Waals surface area contributed by atoms with Crippen LogP contribution in [0.3, 0.4) is 0 Å². The molecule has 0 aliphatic heterocycles. The zero-order chi connectivity index (χ0) is 15.5. The maximum absolute atomic E-state index is 13.0. The molecule has 2 aromatic rings. The fourth-order valence-electron chi connectivity index (χ4n) is 1.79. The Hall–Kier alpha value is -1.77. The van der Waals surface area contributed by atoms with Gasteiger partial charge in [-0.15, -0.1) is 0 Å². The third-order valence-electron chi connectivity index (χ3n) is 2.91. The molecule has 0 aliphatic rings. The largest absolute Gasteiger partial charge is 0.515 e. The standard InChI is InChI=1S/C16H20NO3P/c1-13-7-5-9-15(11-13)19-21(18,17(3)4)20-16-10-6-8-14(2)12-16/h5-12H,1-4H3. The maximum Gasteiger partial charge on any atom is 0.515 e. The Morgan fingerprint density at radius 1 is 0.857 bits per heavy atom. The van der Waals surface area contributed by atoms with E-state index < -0.39 is 7.75 Å². The van der Waals surface area contributed by atoms with Crippen LogP contribution in [0.4, 0.5) is 0 Å². The van der Waals surface area contributed by atoms with Crippen molar-refractivity contribution in [3.63, 3.8) is 0 Å². The maximum atomic E-state index is 13.0. The highest BCUT2D eigenvalue weighted by molar-refractivity contribution is 7.52. The summed E-state index contributed by atoms with van der Waals surface area (Å²) in [6.45, 7) is 3.91. The average molecular weight is 305 g/mol. The van der Waals surface area contributed by atoms with Crippen LogP contribution in [0.15, 0.2) is 48.5 Å². The van der Waals surface area contributed by atoms with E-state index in [0.717, 1.165) is 11.1 Å². The van der Waals surface area contributed by atoms with Crippen molar-refractivity contribution in [1.82, 2.24) is 4.67 Å². The second-order valence-corrected chi connectivity index (χ2v) is 7.23. The molecule has 0 heterocycles. The predicted octanol–water partition coefficient (Wildman–Crippen LogP) is 4.43. The topological polar surface area (TPSA) is 38.8 Å². The van der Waals surface area contributed by atoms with Crippen molar-refractivity contribution in [2.24, 2.45) is 0 Å².